The third-order valence-electron chi connectivity index (χ3n) is 10.9. The van der Waals surface area contributed by atoms with Crippen LogP contribution in [0.3, 0.4) is 0 Å². The number of phenolic OH excluding ortho intramolecular Hbond substituents is 1. The van der Waals surface area contributed by atoms with Crippen LogP contribution in [0, 0.1) is 13.8 Å². The van der Waals surface area contributed by atoms with Crippen molar-refractivity contribution < 1.29 is 14.6 Å². The average Bonchev–Trinajstić information content (AvgIpc) is 3.24. The molecule has 0 bridgehead atoms. The Hall–Kier alpha value is -6.75. The fourth-order valence-corrected chi connectivity index (χ4v) is 8.33. The second-order valence-electron chi connectivity index (χ2n) is 14.3. The summed E-state index contributed by atoms with van der Waals surface area (Å²) in [6.45, 7) is 4.33. The summed E-state index contributed by atoms with van der Waals surface area (Å²) in [5.74, 6) is 3.41. The maximum absolute atomic E-state index is 10.1. The predicted molar refractivity (Wildman–Crippen MR) is 244 cm³/mol. The molecule has 0 unspecified atom stereocenters. The molecule has 0 aromatic heterocycles. The van der Waals surface area contributed by atoms with Crippen LogP contribution in [0.25, 0.3) is 76.1 Å². The van der Waals surface area contributed by atoms with Crippen molar-refractivity contribution in [1.29, 1.82) is 0 Å². The Morgan fingerprint density at radius 2 is 0.825 bits per heavy atom. The molecule has 0 fully saturated rings. The zero-order valence-corrected chi connectivity index (χ0v) is 32.8. The van der Waals surface area contributed by atoms with Crippen molar-refractivity contribution in [2.45, 2.75) is 13.8 Å². The molecule has 0 aliphatic carbocycles. The first-order valence-electron chi connectivity index (χ1n) is 19.1. The van der Waals surface area contributed by atoms with Crippen LogP contribution in [-0.2, 0) is 0 Å². The normalized spacial score (nSPS) is 11.2. The van der Waals surface area contributed by atoms with Crippen molar-refractivity contribution in [3.05, 3.63) is 187 Å². The Bertz CT molecular complexity index is 3140. The summed E-state index contributed by atoms with van der Waals surface area (Å²) < 4.78 is 13.5. The quantitative estimate of drug-likeness (QED) is 0.166. The highest BCUT2D eigenvalue weighted by Crippen LogP contribution is 2.43. The van der Waals surface area contributed by atoms with Crippen molar-refractivity contribution in [3.8, 4) is 51.0 Å². The lowest BCUT2D eigenvalue weighted by Gasteiger charge is -2.17. The molecule has 57 heavy (non-hydrogen) atoms. The van der Waals surface area contributed by atoms with Crippen LogP contribution in [0.5, 0.6) is 28.7 Å². The molecule has 276 valence electrons. The van der Waals surface area contributed by atoms with E-state index >= 15 is 0 Å². The number of ether oxygens (including phenoxy) is 2. The Morgan fingerprint density at radius 3 is 1.49 bits per heavy atom. The monoisotopic (exact) mass is 756 g/mol. The SMILES string of the molecule is CS.Cc1ccc2c(Oc3ccc4c(Oc5cccc6c(-c7cccc8cc(O)ccc78)c(C)ccc56)cccc4c3)cccc2c1-c1cccc2ccccc12. The molecule has 10 rings (SSSR count). The molecule has 0 atom stereocenters. The van der Waals surface area contributed by atoms with E-state index in [4.69, 9.17) is 9.47 Å². The number of phenols is 1. The van der Waals surface area contributed by atoms with Crippen molar-refractivity contribution in [2.24, 2.45) is 0 Å². The second kappa shape index (κ2) is 15.1. The second-order valence-corrected chi connectivity index (χ2v) is 14.3. The zero-order valence-electron chi connectivity index (χ0n) is 32.0. The van der Waals surface area contributed by atoms with Crippen molar-refractivity contribution in [3.63, 3.8) is 0 Å². The lowest BCUT2D eigenvalue weighted by molar-refractivity contribution is 0.476. The number of hydrogen-bond donors (Lipinski definition) is 2. The molecule has 0 aliphatic rings. The molecule has 10 aromatic carbocycles. The van der Waals surface area contributed by atoms with E-state index in [1.807, 2.05) is 48.5 Å². The minimum atomic E-state index is 0.263. The number of rotatable bonds is 6. The van der Waals surface area contributed by atoms with E-state index in [1.165, 1.54) is 38.4 Å². The number of fused-ring (bicyclic) bond motifs is 5. The van der Waals surface area contributed by atoms with Crippen molar-refractivity contribution >= 4 is 66.5 Å². The number of aromatic hydroxyl groups is 1. The van der Waals surface area contributed by atoms with Crippen LogP contribution in [0.1, 0.15) is 11.1 Å². The Kier molecular flexibility index (Phi) is 9.49. The number of benzene rings is 10. The van der Waals surface area contributed by atoms with Gasteiger partial charge < -0.3 is 14.6 Å². The molecular formula is C53H40O3S. The summed E-state index contributed by atoms with van der Waals surface area (Å²) in [5, 5.41) is 21.1. The summed E-state index contributed by atoms with van der Waals surface area (Å²) in [6, 6.07) is 60.5. The van der Waals surface area contributed by atoms with Gasteiger partial charge in [-0.2, -0.15) is 12.6 Å². The van der Waals surface area contributed by atoms with Gasteiger partial charge in [0.1, 0.15) is 28.7 Å². The Morgan fingerprint density at radius 1 is 0.368 bits per heavy atom. The van der Waals surface area contributed by atoms with Crippen molar-refractivity contribution in [1.82, 2.24) is 0 Å². The van der Waals surface area contributed by atoms with Crippen LogP contribution < -0.4 is 9.47 Å². The summed E-state index contributed by atoms with van der Waals surface area (Å²) in [4.78, 5) is 0. The van der Waals surface area contributed by atoms with Gasteiger partial charge in [-0.05, 0) is 140 Å². The van der Waals surface area contributed by atoms with Gasteiger partial charge in [-0.1, -0.05) is 127 Å². The van der Waals surface area contributed by atoms with Crippen LogP contribution in [0.2, 0.25) is 0 Å². The third-order valence-corrected chi connectivity index (χ3v) is 10.9. The molecule has 3 nitrogen and oxygen atoms in total. The van der Waals surface area contributed by atoms with E-state index in [-0.39, 0.29) is 5.75 Å². The summed E-state index contributed by atoms with van der Waals surface area (Å²) in [6.07, 6.45) is 1.69. The van der Waals surface area contributed by atoms with Gasteiger partial charge in [0.15, 0.2) is 0 Å². The molecule has 4 heteroatoms. The topological polar surface area (TPSA) is 38.7 Å². The van der Waals surface area contributed by atoms with E-state index in [0.717, 1.165) is 71.8 Å². The smallest absolute Gasteiger partial charge is 0.135 e. The molecule has 0 heterocycles. The summed E-state index contributed by atoms with van der Waals surface area (Å²) in [7, 11) is 0. The minimum absolute atomic E-state index is 0.263. The zero-order chi connectivity index (χ0) is 39.0. The van der Waals surface area contributed by atoms with E-state index in [2.05, 4.69) is 148 Å². The molecule has 0 saturated heterocycles. The molecule has 10 aromatic rings. The maximum Gasteiger partial charge on any atom is 0.135 e. The van der Waals surface area contributed by atoms with Gasteiger partial charge in [-0.15, -0.1) is 0 Å². The number of thiol groups is 1. The van der Waals surface area contributed by atoms with Gasteiger partial charge >= 0.3 is 0 Å². The van der Waals surface area contributed by atoms with Gasteiger partial charge in [-0.25, -0.2) is 0 Å². The minimum Gasteiger partial charge on any atom is -0.508 e. The average molecular weight is 757 g/mol. The highest BCUT2D eigenvalue weighted by atomic mass is 32.1. The molecule has 0 amide bonds. The van der Waals surface area contributed by atoms with E-state index in [9.17, 15) is 5.11 Å². The van der Waals surface area contributed by atoms with E-state index in [0.29, 0.717) is 0 Å². The first-order chi connectivity index (χ1) is 28.0. The first kappa shape index (κ1) is 35.9. The van der Waals surface area contributed by atoms with E-state index in [1.54, 1.807) is 12.3 Å². The standard InChI is InChI=1S/C52H36O3.CH4S/c1-32-22-26-42-46(51(32)44-15-5-11-34-10-3-4-14-39(34)44)17-8-20-49(42)54-38-25-29-41-36(31-38)13-7-19-48(41)55-50-21-9-18-47-43(50)27-23-33(2)52(47)45-16-6-12-35-30-37(53)24-28-40(35)45;1-2/h3-31,53H,1-2H3;2H,1H3. The number of hydrogen-bond acceptors (Lipinski definition) is 4. The van der Waals surface area contributed by atoms with Gasteiger partial charge in [0.2, 0.25) is 0 Å². The Labute approximate surface area is 337 Å². The van der Waals surface area contributed by atoms with Crippen LogP contribution >= 0.6 is 12.6 Å². The van der Waals surface area contributed by atoms with Gasteiger partial charge in [-0.3, -0.25) is 0 Å². The summed E-state index contributed by atoms with van der Waals surface area (Å²) in [5.41, 5.74) is 7.14. The van der Waals surface area contributed by atoms with Gasteiger partial charge in [0, 0.05) is 16.2 Å². The van der Waals surface area contributed by atoms with E-state index < -0.39 is 0 Å². The Balaban J connectivity index is 0.00000208. The fourth-order valence-electron chi connectivity index (χ4n) is 8.33. The highest BCUT2D eigenvalue weighted by molar-refractivity contribution is 7.79. The van der Waals surface area contributed by atoms with Gasteiger partial charge in [0.25, 0.3) is 0 Å². The highest BCUT2D eigenvalue weighted by Gasteiger charge is 2.16. The third kappa shape index (κ3) is 6.48. The molecule has 0 spiro atoms. The predicted octanol–water partition coefficient (Wildman–Crippen LogP) is 15.2. The number of aryl methyl sites for hydroxylation is 2. The van der Waals surface area contributed by atoms with Crippen LogP contribution in [0.15, 0.2) is 176 Å². The molecule has 0 saturated carbocycles. The first-order valence-corrected chi connectivity index (χ1v) is 20.0. The lowest BCUT2D eigenvalue weighted by atomic mass is 9.90. The fraction of sp³-hybridized carbons (Fsp3) is 0.0566. The summed E-state index contributed by atoms with van der Waals surface area (Å²) >= 11 is 3.53. The lowest BCUT2D eigenvalue weighted by Crippen LogP contribution is -1.92. The largest absolute Gasteiger partial charge is 0.508 e. The molecule has 1 N–H and O–H groups in total. The van der Waals surface area contributed by atoms with Gasteiger partial charge in [0.05, 0.1) is 0 Å². The maximum atomic E-state index is 10.1. The van der Waals surface area contributed by atoms with Crippen LogP contribution in [-0.4, -0.2) is 11.4 Å². The molecular weight excluding hydrogens is 717 g/mol. The molecule has 0 radical (unpaired) electrons. The van der Waals surface area contributed by atoms with Crippen molar-refractivity contribution in [2.75, 3.05) is 6.26 Å². The van der Waals surface area contributed by atoms with Crippen LogP contribution in [0.4, 0.5) is 0 Å². The molecule has 0 aliphatic heterocycles.